The number of hydrogen-bond acceptors (Lipinski definition) is 3. The molecule has 0 saturated carbocycles. The summed E-state index contributed by atoms with van der Waals surface area (Å²) in [6.07, 6.45) is 1.05. The third kappa shape index (κ3) is 5.80. The molecule has 3 N–H and O–H groups in total. The second kappa shape index (κ2) is 9.69. The Balaban J connectivity index is 0.00000312. The summed E-state index contributed by atoms with van der Waals surface area (Å²) in [4.78, 5) is 25.5. The Kier molecular flexibility index (Phi) is 7.95. The Bertz CT molecular complexity index is 717. The number of rotatable bonds is 6. The van der Waals surface area contributed by atoms with E-state index in [-0.39, 0.29) is 24.2 Å². The molecule has 0 spiro atoms. The van der Waals surface area contributed by atoms with E-state index in [2.05, 4.69) is 5.32 Å². The SMILES string of the molecule is CNC(=O)c1ccc(CN(C)C(=O)CCc2ccccc2N)cc1.Cl. The van der Waals surface area contributed by atoms with Gasteiger partial charge in [-0.15, -0.1) is 12.4 Å². The molecule has 0 aliphatic carbocycles. The van der Waals surface area contributed by atoms with Crippen molar-refractivity contribution >= 4 is 29.9 Å². The predicted molar refractivity (Wildman–Crippen MR) is 103 cm³/mol. The minimum absolute atomic E-state index is 0. The molecule has 25 heavy (non-hydrogen) atoms. The topological polar surface area (TPSA) is 75.4 Å². The molecule has 2 rings (SSSR count). The van der Waals surface area contributed by atoms with E-state index < -0.39 is 0 Å². The lowest BCUT2D eigenvalue weighted by Gasteiger charge is -2.18. The van der Waals surface area contributed by atoms with Crippen molar-refractivity contribution in [2.24, 2.45) is 0 Å². The highest BCUT2D eigenvalue weighted by molar-refractivity contribution is 5.93. The lowest BCUT2D eigenvalue weighted by Crippen LogP contribution is -2.26. The summed E-state index contributed by atoms with van der Waals surface area (Å²) >= 11 is 0. The monoisotopic (exact) mass is 361 g/mol. The largest absolute Gasteiger partial charge is 0.399 e. The van der Waals surface area contributed by atoms with Gasteiger partial charge in [-0.3, -0.25) is 9.59 Å². The second-order valence-corrected chi connectivity index (χ2v) is 5.72. The predicted octanol–water partition coefficient (Wildman–Crippen LogP) is 2.64. The molecule has 0 unspecified atom stereocenters. The molecule has 2 amide bonds. The zero-order chi connectivity index (χ0) is 17.5. The van der Waals surface area contributed by atoms with E-state index in [9.17, 15) is 9.59 Å². The summed E-state index contributed by atoms with van der Waals surface area (Å²) in [5, 5.41) is 2.58. The Hall–Kier alpha value is -2.53. The van der Waals surface area contributed by atoms with Gasteiger partial charge in [-0.1, -0.05) is 30.3 Å². The van der Waals surface area contributed by atoms with Gasteiger partial charge in [0.25, 0.3) is 5.91 Å². The number of nitrogens with zero attached hydrogens (tertiary/aromatic N) is 1. The molecule has 0 radical (unpaired) electrons. The Morgan fingerprint density at radius 1 is 1.08 bits per heavy atom. The molecule has 0 atom stereocenters. The third-order valence-corrected chi connectivity index (χ3v) is 3.95. The van der Waals surface area contributed by atoms with Crippen LogP contribution in [0.15, 0.2) is 48.5 Å². The van der Waals surface area contributed by atoms with E-state index >= 15 is 0 Å². The van der Waals surface area contributed by atoms with E-state index in [0.717, 1.165) is 16.8 Å². The maximum Gasteiger partial charge on any atom is 0.251 e. The quantitative estimate of drug-likeness (QED) is 0.776. The van der Waals surface area contributed by atoms with E-state index in [1.54, 1.807) is 31.1 Å². The third-order valence-electron chi connectivity index (χ3n) is 3.95. The van der Waals surface area contributed by atoms with Crippen molar-refractivity contribution in [3.8, 4) is 0 Å². The van der Waals surface area contributed by atoms with Crippen molar-refractivity contribution in [1.82, 2.24) is 10.2 Å². The van der Waals surface area contributed by atoms with Crippen molar-refractivity contribution in [2.45, 2.75) is 19.4 Å². The number of hydrogen-bond donors (Lipinski definition) is 2. The number of carbonyl (C=O) groups excluding carboxylic acids is 2. The van der Waals surface area contributed by atoms with Crippen LogP contribution in [0.2, 0.25) is 0 Å². The fourth-order valence-electron chi connectivity index (χ4n) is 2.46. The molecular formula is C19H24ClN3O2. The molecule has 0 aromatic heterocycles. The van der Waals surface area contributed by atoms with Gasteiger partial charge in [0.1, 0.15) is 0 Å². The minimum Gasteiger partial charge on any atom is -0.399 e. The van der Waals surface area contributed by atoms with Gasteiger partial charge in [-0.05, 0) is 35.7 Å². The lowest BCUT2D eigenvalue weighted by molar-refractivity contribution is -0.130. The van der Waals surface area contributed by atoms with Crippen molar-refractivity contribution in [1.29, 1.82) is 0 Å². The Labute approximate surface area is 154 Å². The summed E-state index contributed by atoms with van der Waals surface area (Å²) in [6.45, 7) is 0.511. The number of halogens is 1. The van der Waals surface area contributed by atoms with Gasteiger partial charge in [0.15, 0.2) is 0 Å². The number of benzene rings is 2. The zero-order valence-corrected chi connectivity index (χ0v) is 15.3. The van der Waals surface area contributed by atoms with E-state index in [0.29, 0.717) is 24.9 Å². The van der Waals surface area contributed by atoms with Crippen LogP contribution in [-0.4, -0.2) is 30.8 Å². The molecule has 0 aliphatic rings. The van der Waals surface area contributed by atoms with Gasteiger partial charge in [0, 0.05) is 38.3 Å². The van der Waals surface area contributed by atoms with Gasteiger partial charge >= 0.3 is 0 Å². The molecule has 0 bridgehead atoms. The summed E-state index contributed by atoms with van der Waals surface area (Å²) < 4.78 is 0. The Morgan fingerprint density at radius 3 is 2.32 bits per heavy atom. The highest BCUT2D eigenvalue weighted by atomic mass is 35.5. The van der Waals surface area contributed by atoms with E-state index in [1.807, 2.05) is 36.4 Å². The number of aryl methyl sites for hydroxylation is 1. The van der Waals surface area contributed by atoms with Gasteiger partial charge in [0.2, 0.25) is 5.91 Å². The van der Waals surface area contributed by atoms with Gasteiger partial charge < -0.3 is 16.0 Å². The van der Waals surface area contributed by atoms with Gasteiger partial charge in [-0.2, -0.15) is 0 Å². The number of carbonyl (C=O) groups is 2. The first-order valence-corrected chi connectivity index (χ1v) is 7.89. The molecular weight excluding hydrogens is 338 g/mol. The number of nitrogens with two attached hydrogens (primary N) is 1. The van der Waals surface area contributed by atoms with Crippen LogP contribution in [0.4, 0.5) is 5.69 Å². The van der Waals surface area contributed by atoms with Crippen LogP contribution in [0, 0.1) is 0 Å². The van der Waals surface area contributed by atoms with Crippen LogP contribution in [0.25, 0.3) is 0 Å². The smallest absolute Gasteiger partial charge is 0.251 e. The molecule has 0 aliphatic heterocycles. The van der Waals surface area contributed by atoms with Crippen LogP contribution in [0.1, 0.15) is 27.9 Å². The number of para-hydroxylation sites is 1. The number of anilines is 1. The molecule has 2 aromatic carbocycles. The normalized spacial score (nSPS) is 9.84. The first-order chi connectivity index (χ1) is 11.5. The standard InChI is InChI=1S/C19H23N3O2.ClH/c1-21-19(24)16-9-7-14(8-10-16)13-22(2)18(23)12-11-15-5-3-4-6-17(15)20;/h3-10H,11-13,20H2,1-2H3,(H,21,24);1H. The van der Waals surface area contributed by atoms with E-state index in [4.69, 9.17) is 5.73 Å². The van der Waals surface area contributed by atoms with Crippen LogP contribution < -0.4 is 11.1 Å². The molecule has 5 nitrogen and oxygen atoms in total. The summed E-state index contributed by atoms with van der Waals surface area (Å²) in [5.41, 5.74) is 9.20. The van der Waals surface area contributed by atoms with Crippen molar-refractivity contribution in [2.75, 3.05) is 19.8 Å². The van der Waals surface area contributed by atoms with Crippen molar-refractivity contribution in [3.05, 3.63) is 65.2 Å². The number of amides is 2. The first kappa shape index (κ1) is 20.5. The average Bonchev–Trinajstić information content (AvgIpc) is 2.60. The van der Waals surface area contributed by atoms with Crippen LogP contribution in [-0.2, 0) is 17.8 Å². The minimum atomic E-state index is -0.119. The Morgan fingerprint density at radius 2 is 1.72 bits per heavy atom. The second-order valence-electron chi connectivity index (χ2n) is 5.72. The molecule has 0 fully saturated rings. The van der Waals surface area contributed by atoms with Crippen molar-refractivity contribution in [3.63, 3.8) is 0 Å². The van der Waals surface area contributed by atoms with Crippen LogP contribution in [0.5, 0.6) is 0 Å². The molecule has 134 valence electrons. The maximum absolute atomic E-state index is 12.3. The van der Waals surface area contributed by atoms with Crippen molar-refractivity contribution < 1.29 is 9.59 Å². The summed E-state index contributed by atoms with van der Waals surface area (Å²) in [6, 6.07) is 14.8. The van der Waals surface area contributed by atoms with E-state index in [1.165, 1.54) is 0 Å². The molecule has 2 aromatic rings. The number of nitrogens with one attached hydrogen (secondary N) is 1. The van der Waals surface area contributed by atoms with Crippen LogP contribution >= 0.6 is 12.4 Å². The fraction of sp³-hybridized carbons (Fsp3) is 0.263. The fourth-order valence-corrected chi connectivity index (χ4v) is 2.46. The lowest BCUT2D eigenvalue weighted by atomic mass is 10.1. The molecule has 0 heterocycles. The summed E-state index contributed by atoms with van der Waals surface area (Å²) in [5.74, 6) is -0.0555. The number of nitrogen functional groups attached to an aromatic ring is 1. The first-order valence-electron chi connectivity index (χ1n) is 7.89. The van der Waals surface area contributed by atoms with Gasteiger partial charge in [-0.25, -0.2) is 0 Å². The van der Waals surface area contributed by atoms with Crippen LogP contribution in [0.3, 0.4) is 0 Å². The highest BCUT2D eigenvalue weighted by Crippen LogP contribution is 2.14. The zero-order valence-electron chi connectivity index (χ0n) is 14.5. The molecule has 0 saturated heterocycles. The highest BCUT2D eigenvalue weighted by Gasteiger charge is 2.11. The van der Waals surface area contributed by atoms with Gasteiger partial charge in [0.05, 0.1) is 0 Å². The maximum atomic E-state index is 12.3. The molecule has 6 heteroatoms. The summed E-state index contributed by atoms with van der Waals surface area (Å²) in [7, 11) is 3.38. The average molecular weight is 362 g/mol.